The first-order valence-electron chi connectivity index (χ1n) is 5.39. The Morgan fingerprint density at radius 3 is 2.32 bits per heavy atom. The average Bonchev–Trinajstić information content (AvgIpc) is 2.34. The highest BCUT2D eigenvalue weighted by Crippen LogP contribution is 2.21. The van der Waals surface area contributed by atoms with Crippen molar-refractivity contribution >= 4 is 29.8 Å². The van der Waals surface area contributed by atoms with E-state index in [2.05, 4.69) is 6.58 Å². The molecular weight excluding hydrogens is 310 g/mol. The molecule has 0 atom stereocenters. The van der Waals surface area contributed by atoms with Crippen LogP contribution in [0.2, 0.25) is 0 Å². The zero-order chi connectivity index (χ0) is 14.7. The summed E-state index contributed by atoms with van der Waals surface area (Å²) >= 11 is 0. The molecule has 19 heavy (non-hydrogen) atoms. The molecule has 8 heteroatoms. The second kappa shape index (κ2) is 6.04. The molecule has 0 aliphatic carbocycles. The molecule has 1 aromatic carbocycles. The van der Waals surface area contributed by atoms with Gasteiger partial charge in [-0.3, -0.25) is 0 Å². The lowest BCUT2D eigenvalue weighted by Gasteiger charge is -2.18. The Bertz CT molecular complexity index is 668. The lowest BCUT2D eigenvalue weighted by atomic mass is 10.4. The number of benzene rings is 1. The van der Waals surface area contributed by atoms with E-state index < -0.39 is 19.1 Å². The Balaban J connectivity index is 3.33. The van der Waals surface area contributed by atoms with Gasteiger partial charge in [0.25, 0.3) is 9.05 Å². The molecule has 0 amide bonds. The summed E-state index contributed by atoms with van der Waals surface area (Å²) in [4.78, 5) is -0.358. The number of nitrogens with zero attached hydrogens (tertiary/aromatic N) is 1. The smallest absolute Gasteiger partial charge is 0.207 e. The molecule has 0 radical (unpaired) electrons. The summed E-state index contributed by atoms with van der Waals surface area (Å²) in [7, 11) is -2.52. The van der Waals surface area contributed by atoms with Gasteiger partial charge in [0.05, 0.1) is 9.79 Å². The van der Waals surface area contributed by atoms with E-state index in [-0.39, 0.29) is 22.9 Å². The minimum absolute atomic E-state index is 0.113. The van der Waals surface area contributed by atoms with Crippen molar-refractivity contribution in [1.29, 1.82) is 0 Å². The molecule has 5 nitrogen and oxygen atoms in total. The van der Waals surface area contributed by atoms with Crippen LogP contribution < -0.4 is 0 Å². The highest BCUT2D eigenvalue weighted by atomic mass is 35.7. The highest BCUT2D eigenvalue weighted by molar-refractivity contribution is 8.13. The summed E-state index contributed by atoms with van der Waals surface area (Å²) in [5.41, 5.74) is 0. The highest BCUT2D eigenvalue weighted by Gasteiger charge is 2.23. The lowest BCUT2D eigenvalue weighted by Crippen LogP contribution is -2.31. The van der Waals surface area contributed by atoms with Crippen LogP contribution >= 0.6 is 10.7 Å². The number of halogens is 1. The van der Waals surface area contributed by atoms with Gasteiger partial charge in [-0.15, -0.1) is 6.58 Å². The monoisotopic (exact) mass is 323 g/mol. The van der Waals surface area contributed by atoms with E-state index >= 15 is 0 Å². The third kappa shape index (κ3) is 3.79. The van der Waals surface area contributed by atoms with Crippen molar-refractivity contribution in [1.82, 2.24) is 4.31 Å². The number of hydrogen-bond acceptors (Lipinski definition) is 4. The zero-order valence-electron chi connectivity index (χ0n) is 10.3. The molecule has 0 heterocycles. The van der Waals surface area contributed by atoms with E-state index in [4.69, 9.17) is 10.7 Å². The SMILES string of the molecule is C=CCN(CC)S(=O)(=O)c1cccc(S(=O)(=O)Cl)c1. The van der Waals surface area contributed by atoms with E-state index in [0.29, 0.717) is 0 Å². The van der Waals surface area contributed by atoms with Gasteiger partial charge in [-0.1, -0.05) is 19.1 Å². The van der Waals surface area contributed by atoms with Crippen LogP contribution in [-0.2, 0) is 19.1 Å². The Morgan fingerprint density at radius 1 is 1.26 bits per heavy atom. The number of rotatable bonds is 6. The minimum Gasteiger partial charge on any atom is -0.207 e. The van der Waals surface area contributed by atoms with E-state index in [0.717, 1.165) is 6.07 Å². The van der Waals surface area contributed by atoms with Crippen molar-refractivity contribution < 1.29 is 16.8 Å². The first kappa shape index (κ1) is 16.2. The van der Waals surface area contributed by atoms with Gasteiger partial charge >= 0.3 is 0 Å². The lowest BCUT2D eigenvalue weighted by molar-refractivity contribution is 0.459. The molecular formula is C11H14ClNO4S2. The third-order valence-corrected chi connectivity index (χ3v) is 5.70. The van der Waals surface area contributed by atoms with Gasteiger partial charge in [-0.25, -0.2) is 16.8 Å². The topological polar surface area (TPSA) is 71.5 Å². The summed E-state index contributed by atoms with van der Waals surface area (Å²) in [5.74, 6) is 0. The average molecular weight is 324 g/mol. The third-order valence-electron chi connectivity index (χ3n) is 2.41. The minimum atomic E-state index is -3.96. The fraction of sp³-hybridized carbons (Fsp3) is 0.273. The second-order valence-electron chi connectivity index (χ2n) is 3.66. The van der Waals surface area contributed by atoms with Gasteiger partial charge in [0.1, 0.15) is 0 Å². The molecule has 0 saturated heterocycles. The largest absolute Gasteiger partial charge is 0.261 e. The summed E-state index contributed by atoms with van der Waals surface area (Å²) in [6, 6.07) is 4.95. The van der Waals surface area contributed by atoms with Crippen molar-refractivity contribution in [3.63, 3.8) is 0 Å². The predicted octanol–water partition coefficient (Wildman–Crippen LogP) is 1.81. The van der Waals surface area contributed by atoms with Gasteiger partial charge in [0, 0.05) is 23.8 Å². The molecule has 0 aliphatic heterocycles. The predicted molar refractivity (Wildman–Crippen MR) is 74.1 cm³/mol. The fourth-order valence-electron chi connectivity index (χ4n) is 1.48. The second-order valence-corrected chi connectivity index (χ2v) is 8.16. The summed E-state index contributed by atoms with van der Waals surface area (Å²) in [5, 5.41) is 0. The Labute approximate surface area is 118 Å². The zero-order valence-corrected chi connectivity index (χ0v) is 12.7. The maximum Gasteiger partial charge on any atom is 0.261 e. The van der Waals surface area contributed by atoms with Crippen LogP contribution in [0, 0.1) is 0 Å². The van der Waals surface area contributed by atoms with Crippen molar-refractivity contribution in [2.24, 2.45) is 0 Å². The molecule has 0 N–H and O–H groups in total. The molecule has 0 aliphatic rings. The van der Waals surface area contributed by atoms with Crippen LogP contribution in [0.3, 0.4) is 0 Å². The van der Waals surface area contributed by atoms with Crippen LogP contribution in [0.15, 0.2) is 46.7 Å². The van der Waals surface area contributed by atoms with Crippen LogP contribution in [0.25, 0.3) is 0 Å². The van der Waals surface area contributed by atoms with Gasteiger partial charge < -0.3 is 0 Å². The van der Waals surface area contributed by atoms with Crippen LogP contribution in [0.1, 0.15) is 6.92 Å². The maximum atomic E-state index is 12.3. The van der Waals surface area contributed by atoms with Gasteiger partial charge in [0.15, 0.2) is 0 Å². The van der Waals surface area contributed by atoms with Crippen molar-refractivity contribution in [3.8, 4) is 0 Å². The standard InChI is InChI=1S/C11H14ClNO4S2/c1-3-8-13(4-2)19(16,17)11-7-5-6-10(9-11)18(12,14)15/h3,5-7,9H,1,4,8H2,2H3. The molecule has 0 unspecified atom stereocenters. The van der Waals surface area contributed by atoms with Crippen molar-refractivity contribution in [3.05, 3.63) is 36.9 Å². The quantitative estimate of drug-likeness (QED) is 0.591. The normalized spacial score (nSPS) is 12.6. The maximum absolute atomic E-state index is 12.3. The van der Waals surface area contributed by atoms with Gasteiger partial charge in [0.2, 0.25) is 10.0 Å². The summed E-state index contributed by atoms with van der Waals surface area (Å²) < 4.78 is 48.2. The van der Waals surface area contributed by atoms with Crippen LogP contribution in [0.4, 0.5) is 0 Å². The first-order valence-corrected chi connectivity index (χ1v) is 9.14. The molecule has 0 bridgehead atoms. The molecule has 0 fully saturated rings. The first-order chi connectivity index (χ1) is 8.73. The van der Waals surface area contributed by atoms with Crippen LogP contribution in [-0.4, -0.2) is 34.2 Å². The van der Waals surface area contributed by atoms with E-state index in [1.165, 1.54) is 28.6 Å². The number of sulfonamides is 1. The fourth-order valence-corrected chi connectivity index (χ4v) is 3.81. The van der Waals surface area contributed by atoms with Gasteiger partial charge in [-0.2, -0.15) is 4.31 Å². The molecule has 0 saturated carbocycles. The van der Waals surface area contributed by atoms with Crippen molar-refractivity contribution in [2.75, 3.05) is 13.1 Å². The summed E-state index contributed by atoms with van der Waals surface area (Å²) in [6.07, 6.45) is 1.46. The molecule has 0 spiro atoms. The summed E-state index contributed by atoms with van der Waals surface area (Å²) in [6.45, 7) is 5.58. The Morgan fingerprint density at radius 2 is 1.84 bits per heavy atom. The van der Waals surface area contributed by atoms with Crippen LogP contribution in [0.5, 0.6) is 0 Å². The molecule has 0 aromatic heterocycles. The van der Waals surface area contributed by atoms with Gasteiger partial charge in [-0.05, 0) is 18.2 Å². The van der Waals surface area contributed by atoms with E-state index in [9.17, 15) is 16.8 Å². The number of likely N-dealkylation sites (N-methyl/N-ethyl adjacent to an activating group) is 1. The molecule has 106 valence electrons. The van der Waals surface area contributed by atoms with Crippen molar-refractivity contribution in [2.45, 2.75) is 16.7 Å². The van der Waals surface area contributed by atoms with E-state index in [1.54, 1.807) is 6.92 Å². The molecule has 1 rings (SSSR count). The Hall–Kier alpha value is -0.890. The Kier molecular flexibility index (Phi) is 5.14. The number of hydrogen-bond donors (Lipinski definition) is 0. The molecule has 1 aromatic rings. The van der Waals surface area contributed by atoms with E-state index in [1.807, 2.05) is 0 Å².